The number of hydroxylamine groups is 1. The van der Waals surface area contributed by atoms with Crippen LogP contribution >= 0.6 is 11.6 Å². The Hall–Kier alpha value is -1.06. The Morgan fingerprint density at radius 3 is 2.41 bits per heavy atom. The zero-order chi connectivity index (χ0) is 12.8. The van der Waals surface area contributed by atoms with Crippen LogP contribution in [0.5, 0.6) is 0 Å². The van der Waals surface area contributed by atoms with Crippen molar-refractivity contribution in [3.05, 3.63) is 34.9 Å². The van der Waals surface area contributed by atoms with Crippen LogP contribution in [0.25, 0.3) is 0 Å². The Kier molecular flexibility index (Phi) is 5.45. The number of nitrogens with one attached hydrogen (secondary N) is 1. The SMILES string of the molecule is CCONC(=O)C(c1ccc(Cl)cc1)C(C)C. The number of amides is 1. The lowest BCUT2D eigenvalue weighted by Gasteiger charge is -2.20. The molecular weight excluding hydrogens is 238 g/mol. The van der Waals surface area contributed by atoms with Gasteiger partial charge < -0.3 is 0 Å². The van der Waals surface area contributed by atoms with Gasteiger partial charge in [0, 0.05) is 5.02 Å². The van der Waals surface area contributed by atoms with Crippen LogP contribution < -0.4 is 5.48 Å². The first kappa shape index (κ1) is 14.0. The fourth-order valence-corrected chi connectivity index (χ4v) is 1.84. The van der Waals surface area contributed by atoms with Crippen molar-refractivity contribution in [1.29, 1.82) is 0 Å². The predicted molar refractivity (Wildman–Crippen MR) is 68.8 cm³/mol. The van der Waals surface area contributed by atoms with Crippen molar-refractivity contribution in [2.75, 3.05) is 6.61 Å². The molecule has 0 heterocycles. The molecule has 1 rings (SSSR count). The van der Waals surface area contributed by atoms with Gasteiger partial charge in [-0.2, -0.15) is 0 Å². The summed E-state index contributed by atoms with van der Waals surface area (Å²) in [6, 6.07) is 7.33. The average molecular weight is 256 g/mol. The molecule has 1 aromatic carbocycles. The van der Waals surface area contributed by atoms with E-state index in [9.17, 15) is 4.79 Å². The van der Waals surface area contributed by atoms with Gasteiger partial charge >= 0.3 is 0 Å². The molecule has 1 N–H and O–H groups in total. The maximum Gasteiger partial charge on any atom is 0.251 e. The van der Waals surface area contributed by atoms with Crippen molar-refractivity contribution < 1.29 is 9.63 Å². The van der Waals surface area contributed by atoms with Crippen LogP contribution in [0.2, 0.25) is 5.02 Å². The summed E-state index contributed by atoms with van der Waals surface area (Å²) in [6.07, 6.45) is 0. The largest absolute Gasteiger partial charge is 0.274 e. The zero-order valence-corrected chi connectivity index (χ0v) is 11.1. The van der Waals surface area contributed by atoms with E-state index in [0.29, 0.717) is 11.6 Å². The van der Waals surface area contributed by atoms with Crippen LogP contribution in [0.15, 0.2) is 24.3 Å². The van der Waals surface area contributed by atoms with Crippen LogP contribution in [0, 0.1) is 5.92 Å². The average Bonchev–Trinajstić information content (AvgIpc) is 2.29. The van der Waals surface area contributed by atoms with Crippen LogP contribution in [0.4, 0.5) is 0 Å². The number of rotatable bonds is 5. The van der Waals surface area contributed by atoms with Crippen molar-refractivity contribution >= 4 is 17.5 Å². The molecule has 0 saturated carbocycles. The second-order valence-corrected chi connectivity index (χ2v) is 4.61. The van der Waals surface area contributed by atoms with E-state index in [0.717, 1.165) is 5.56 Å². The molecule has 1 unspecified atom stereocenters. The Labute approximate surface area is 107 Å². The lowest BCUT2D eigenvalue weighted by Crippen LogP contribution is -2.32. The van der Waals surface area contributed by atoms with Gasteiger partial charge in [0.2, 0.25) is 0 Å². The zero-order valence-electron chi connectivity index (χ0n) is 10.4. The minimum absolute atomic E-state index is 0.121. The fraction of sp³-hybridized carbons (Fsp3) is 0.462. The quantitative estimate of drug-likeness (QED) is 0.821. The van der Waals surface area contributed by atoms with E-state index in [1.54, 1.807) is 12.1 Å². The van der Waals surface area contributed by atoms with Crippen molar-refractivity contribution in [2.24, 2.45) is 5.92 Å². The molecule has 0 aliphatic heterocycles. The molecule has 0 fully saturated rings. The third-order valence-corrected chi connectivity index (χ3v) is 2.75. The molecule has 0 aromatic heterocycles. The third-order valence-electron chi connectivity index (χ3n) is 2.50. The molecule has 0 aliphatic carbocycles. The molecule has 0 radical (unpaired) electrons. The van der Waals surface area contributed by atoms with Gasteiger partial charge in [0.05, 0.1) is 12.5 Å². The second-order valence-electron chi connectivity index (χ2n) is 4.17. The summed E-state index contributed by atoms with van der Waals surface area (Å²) in [5, 5.41) is 0.668. The van der Waals surface area contributed by atoms with Gasteiger partial charge in [0.25, 0.3) is 5.91 Å². The van der Waals surface area contributed by atoms with Gasteiger partial charge in [-0.05, 0) is 30.5 Å². The van der Waals surface area contributed by atoms with Crippen LogP contribution in [0.3, 0.4) is 0 Å². The predicted octanol–water partition coefficient (Wildman–Crippen LogP) is 3.15. The first-order chi connectivity index (χ1) is 8.06. The van der Waals surface area contributed by atoms with Crippen LogP contribution in [-0.4, -0.2) is 12.5 Å². The number of benzene rings is 1. The van der Waals surface area contributed by atoms with E-state index in [-0.39, 0.29) is 17.7 Å². The molecule has 1 amide bonds. The normalized spacial score (nSPS) is 12.5. The van der Waals surface area contributed by atoms with E-state index in [2.05, 4.69) is 5.48 Å². The summed E-state index contributed by atoms with van der Waals surface area (Å²) in [7, 11) is 0. The van der Waals surface area contributed by atoms with Gasteiger partial charge in [0.15, 0.2) is 0 Å². The highest BCUT2D eigenvalue weighted by atomic mass is 35.5. The second kappa shape index (κ2) is 6.62. The lowest BCUT2D eigenvalue weighted by atomic mass is 9.88. The number of hydrogen-bond acceptors (Lipinski definition) is 2. The van der Waals surface area contributed by atoms with Gasteiger partial charge in [-0.15, -0.1) is 0 Å². The molecule has 4 heteroatoms. The van der Waals surface area contributed by atoms with Gasteiger partial charge in [-0.25, -0.2) is 5.48 Å². The van der Waals surface area contributed by atoms with E-state index >= 15 is 0 Å². The number of carbonyl (C=O) groups excluding carboxylic acids is 1. The number of halogens is 1. The number of carbonyl (C=O) groups is 1. The monoisotopic (exact) mass is 255 g/mol. The van der Waals surface area contributed by atoms with E-state index in [1.807, 2.05) is 32.9 Å². The Morgan fingerprint density at radius 2 is 1.94 bits per heavy atom. The van der Waals surface area contributed by atoms with Gasteiger partial charge in [0.1, 0.15) is 0 Å². The summed E-state index contributed by atoms with van der Waals surface area (Å²) in [5.41, 5.74) is 3.40. The molecule has 0 spiro atoms. The summed E-state index contributed by atoms with van der Waals surface area (Å²) >= 11 is 5.83. The standard InChI is InChI=1S/C13H18ClNO2/c1-4-17-15-13(16)12(9(2)3)10-5-7-11(14)8-6-10/h5-9,12H,4H2,1-3H3,(H,15,16). The van der Waals surface area contributed by atoms with Crippen molar-refractivity contribution in [2.45, 2.75) is 26.7 Å². The number of hydrogen-bond donors (Lipinski definition) is 1. The Balaban J connectivity index is 2.85. The molecule has 3 nitrogen and oxygen atoms in total. The van der Waals surface area contributed by atoms with Gasteiger partial charge in [-0.3, -0.25) is 9.63 Å². The van der Waals surface area contributed by atoms with Crippen molar-refractivity contribution in [1.82, 2.24) is 5.48 Å². The molecule has 0 bridgehead atoms. The molecule has 0 aliphatic rings. The third kappa shape index (κ3) is 4.02. The maximum absolute atomic E-state index is 12.0. The highest BCUT2D eigenvalue weighted by Crippen LogP contribution is 2.25. The summed E-state index contributed by atoms with van der Waals surface area (Å²) in [5.74, 6) is -0.153. The molecule has 94 valence electrons. The molecule has 0 saturated heterocycles. The highest BCUT2D eigenvalue weighted by molar-refractivity contribution is 6.30. The van der Waals surface area contributed by atoms with E-state index in [4.69, 9.17) is 16.4 Å². The Morgan fingerprint density at radius 1 is 1.35 bits per heavy atom. The summed E-state index contributed by atoms with van der Waals surface area (Å²) in [4.78, 5) is 16.9. The molecule has 1 atom stereocenters. The maximum atomic E-state index is 12.0. The van der Waals surface area contributed by atoms with E-state index in [1.165, 1.54) is 0 Å². The smallest absolute Gasteiger partial charge is 0.251 e. The van der Waals surface area contributed by atoms with Crippen molar-refractivity contribution in [3.63, 3.8) is 0 Å². The Bertz CT molecular complexity index is 362. The van der Waals surface area contributed by atoms with Crippen LogP contribution in [-0.2, 0) is 9.63 Å². The van der Waals surface area contributed by atoms with Gasteiger partial charge in [-0.1, -0.05) is 37.6 Å². The summed E-state index contributed by atoms with van der Waals surface area (Å²) < 4.78 is 0. The molecular formula is C13H18ClNO2. The molecule has 1 aromatic rings. The topological polar surface area (TPSA) is 38.3 Å². The summed E-state index contributed by atoms with van der Waals surface area (Å²) in [6.45, 7) is 6.29. The molecule has 17 heavy (non-hydrogen) atoms. The minimum Gasteiger partial charge on any atom is -0.274 e. The first-order valence-electron chi connectivity index (χ1n) is 5.73. The fourth-order valence-electron chi connectivity index (χ4n) is 1.72. The minimum atomic E-state index is -0.223. The van der Waals surface area contributed by atoms with Crippen molar-refractivity contribution in [3.8, 4) is 0 Å². The first-order valence-corrected chi connectivity index (χ1v) is 6.11. The lowest BCUT2D eigenvalue weighted by molar-refractivity contribution is -0.135. The van der Waals surface area contributed by atoms with E-state index < -0.39 is 0 Å². The van der Waals surface area contributed by atoms with Crippen LogP contribution in [0.1, 0.15) is 32.3 Å². The highest BCUT2D eigenvalue weighted by Gasteiger charge is 2.24.